The zero-order valence-electron chi connectivity index (χ0n) is 17.3. The van der Waals surface area contributed by atoms with Gasteiger partial charge >= 0.3 is 0 Å². The Kier molecular flexibility index (Phi) is 5.11. The van der Waals surface area contributed by atoms with Crippen molar-refractivity contribution in [3.05, 3.63) is 78.4 Å². The summed E-state index contributed by atoms with van der Waals surface area (Å²) in [6, 6.07) is 11.3. The van der Waals surface area contributed by atoms with Crippen molar-refractivity contribution in [3.8, 4) is 0 Å². The van der Waals surface area contributed by atoms with Crippen molar-refractivity contribution in [1.29, 1.82) is 0 Å². The maximum Gasteiger partial charge on any atom is 0.116 e. The van der Waals surface area contributed by atoms with E-state index < -0.39 is 8.07 Å². The van der Waals surface area contributed by atoms with Gasteiger partial charge in [-0.2, -0.15) is 0 Å². The summed E-state index contributed by atoms with van der Waals surface area (Å²) in [6.07, 6.45) is 4.53. The fraction of sp³-hybridized carbons (Fsp3) is 0.250. The highest BCUT2D eigenvalue weighted by Gasteiger charge is 2.44. The zero-order valence-corrected chi connectivity index (χ0v) is 20.8. The van der Waals surface area contributed by atoms with Gasteiger partial charge in [0.1, 0.15) is 8.07 Å². The van der Waals surface area contributed by atoms with E-state index in [2.05, 4.69) is 95.9 Å². The summed E-state index contributed by atoms with van der Waals surface area (Å²) in [5.41, 5.74) is 4.25. The van der Waals surface area contributed by atoms with Gasteiger partial charge in [-0.1, -0.05) is 37.4 Å². The first-order valence-corrected chi connectivity index (χ1v) is 14.7. The molecule has 0 N–H and O–H groups in total. The third-order valence-electron chi connectivity index (χ3n) is 5.60. The molecule has 0 radical (unpaired) electrons. The third kappa shape index (κ3) is 3.02. The van der Waals surface area contributed by atoms with E-state index in [1.807, 2.05) is 22.7 Å². The van der Waals surface area contributed by atoms with Crippen LogP contribution in [0.2, 0.25) is 13.1 Å². The Labute approximate surface area is 182 Å². The molecule has 144 valence electrons. The van der Waals surface area contributed by atoms with Gasteiger partial charge in [0.25, 0.3) is 0 Å². The Bertz CT molecular complexity index is 1180. The molecule has 0 aliphatic carbocycles. The molecule has 0 fully saturated rings. The van der Waals surface area contributed by atoms with Crippen molar-refractivity contribution in [2.45, 2.75) is 40.8 Å². The molecule has 1 aliphatic rings. The largest absolute Gasteiger partial charge is 0.148 e. The molecule has 3 heterocycles. The molecule has 28 heavy (non-hydrogen) atoms. The molecule has 0 spiro atoms. The number of hydrogen-bond donors (Lipinski definition) is 1. The van der Waals surface area contributed by atoms with Gasteiger partial charge in [-0.25, -0.2) is 0 Å². The normalized spacial score (nSPS) is 17.0. The summed E-state index contributed by atoms with van der Waals surface area (Å²) in [5.74, 6) is 0. The molecule has 2 aromatic heterocycles. The molecular weight excluding hydrogens is 413 g/mol. The smallest absolute Gasteiger partial charge is 0.116 e. The average Bonchev–Trinajstić information content (AvgIpc) is 3.23. The molecule has 0 unspecified atom stereocenters. The first kappa shape index (κ1) is 20.0. The molecule has 4 heteroatoms. The van der Waals surface area contributed by atoms with E-state index in [1.165, 1.54) is 41.4 Å². The second-order valence-electron chi connectivity index (χ2n) is 8.03. The molecule has 0 atom stereocenters. The van der Waals surface area contributed by atoms with Crippen LogP contribution in [0.5, 0.6) is 0 Å². The predicted molar refractivity (Wildman–Crippen MR) is 135 cm³/mol. The van der Waals surface area contributed by atoms with Crippen molar-refractivity contribution < 1.29 is 0 Å². The fourth-order valence-electron chi connectivity index (χ4n) is 4.56. The first-order chi connectivity index (χ1) is 13.3. The van der Waals surface area contributed by atoms with Gasteiger partial charge < -0.3 is 0 Å². The number of thiophene rings is 2. The lowest BCUT2D eigenvalue weighted by molar-refractivity contribution is 1.49. The fourth-order valence-corrected chi connectivity index (χ4v) is 11.6. The minimum Gasteiger partial charge on any atom is -0.148 e. The van der Waals surface area contributed by atoms with Crippen LogP contribution in [0.15, 0.2) is 58.2 Å². The minimum atomic E-state index is -1.87. The molecule has 1 aromatic carbocycles. The molecule has 4 rings (SSSR count). The van der Waals surface area contributed by atoms with Crippen LogP contribution in [0, 0.1) is 13.8 Å². The van der Waals surface area contributed by atoms with Crippen LogP contribution in [-0.4, -0.2) is 8.07 Å². The average molecular weight is 439 g/mol. The van der Waals surface area contributed by atoms with E-state index in [4.69, 9.17) is 0 Å². The molecule has 0 saturated heterocycles. The molecular formula is C24H26S3Si. The number of thiol groups is 1. The number of aryl methyl sites for hydroxylation is 2. The highest BCUT2D eigenvalue weighted by atomic mass is 32.1. The molecule has 0 bridgehead atoms. The Morgan fingerprint density at radius 1 is 1.11 bits per heavy atom. The van der Waals surface area contributed by atoms with Crippen molar-refractivity contribution in [2.75, 3.05) is 0 Å². The van der Waals surface area contributed by atoms with Gasteiger partial charge in [0, 0.05) is 24.9 Å². The van der Waals surface area contributed by atoms with E-state index in [0.717, 1.165) is 4.91 Å². The summed E-state index contributed by atoms with van der Waals surface area (Å²) in [7, 11) is -1.87. The molecule has 3 aromatic rings. The predicted octanol–water partition coefficient (Wildman–Crippen LogP) is 7.63. The Morgan fingerprint density at radius 3 is 2.43 bits per heavy atom. The molecule has 1 aliphatic heterocycles. The van der Waals surface area contributed by atoms with E-state index in [0.29, 0.717) is 0 Å². The van der Waals surface area contributed by atoms with Crippen LogP contribution < -0.4 is 5.19 Å². The Morgan fingerprint density at radius 2 is 1.82 bits per heavy atom. The second-order valence-corrected chi connectivity index (χ2v) is 15.5. The third-order valence-corrected chi connectivity index (χ3v) is 11.6. The molecule has 0 saturated carbocycles. The minimum absolute atomic E-state index is 1.06. The highest BCUT2D eigenvalue weighted by Crippen LogP contribution is 2.48. The van der Waals surface area contributed by atoms with E-state index in [1.54, 1.807) is 10.4 Å². The lowest BCUT2D eigenvalue weighted by Crippen LogP contribution is -2.41. The summed E-state index contributed by atoms with van der Waals surface area (Å²) >= 11 is 8.49. The standard InChI is InChI=1S/C24H26S3Si/c1-7-17(12-14(2)25)23-21(19-13-15(3)26-16(19)4)22-24(28(23,5)6)18-10-8-9-11-20(18)27-22/h7-13,25H,1-6H3/b14-12-,17-7-. The van der Waals surface area contributed by atoms with Crippen LogP contribution in [0.3, 0.4) is 0 Å². The van der Waals surface area contributed by atoms with Crippen LogP contribution in [0.1, 0.15) is 34.0 Å². The maximum absolute atomic E-state index is 4.61. The summed E-state index contributed by atoms with van der Waals surface area (Å²) in [4.78, 5) is 5.36. The van der Waals surface area contributed by atoms with E-state index >= 15 is 0 Å². The van der Waals surface area contributed by atoms with Crippen LogP contribution in [0.4, 0.5) is 0 Å². The second kappa shape index (κ2) is 7.17. The molecule has 0 amide bonds. The topological polar surface area (TPSA) is 0 Å². The number of benzene rings is 1. The lowest BCUT2D eigenvalue weighted by atomic mass is 10.0. The van der Waals surface area contributed by atoms with Crippen molar-refractivity contribution in [3.63, 3.8) is 0 Å². The van der Waals surface area contributed by atoms with Gasteiger partial charge in [-0.05, 0) is 77.7 Å². The molecule has 0 nitrogen and oxygen atoms in total. The van der Waals surface area contributed by atoms with Gasteiger partial charge in [-0.3, -0.25) is 0 Å². The lowest BCUT2D eigenvalue weighted by Gasteiger charge is -2.24. The van der Waals surface area contributed by atoms with Crippen LogP contribution >= 0.6 is 35.3 Å². The van der Waals surface area contributed by atoms with Gasteiger partial charge in [0.05, 0.1) is 0 Å². The summed E-state index contributed by atoms with van der Waals surface area (Å²) in [6.45, 7) is 13.8. The Hall–Kier alpha value is -1.33. The summed E-state index contributed by atoms with van der Waals surface area (Å²) < 4.78 is 1.41. The number of rotatable bonds is 3. The van der Waals surface area contributed by atoms with Crippen molar-refractivity contribution >= 4 is 64.2 Å². The quantitative estimate of drug-likeness (QED) is 0.242. The first-order valence-electron chi connectivity index (χ1n) is 9.64. The zero-order chi connectivity index (χ0) is 20.2. The monoisotopic (exact) mass is 438 g/mol. The van der Waals surface area contributed by atoms with Gasteiger partial charge in [0.2, 0.25) is 0 Å². The Balaban J connectivity index is 2.14. The number of hydrogen-bond acceptors (Lipinski definition) is 3. The van der Waals surface area contributed by atoms with Crippen LogP contribution in [0.25, 0.3) is 15.7 Å². The van der Waals surface area contributed by atoms with Crippen molar-refractivity contribution in [2.24, 2.45) is 0 Å². The van der Waals surface area contributed by atoms with Crippen molar-refractivity contribution in [1.82, 2.24) is 0 Å². The van der Waals surface area contributed by atoms with E-state index in [-0.39, 0.29) is 0 Å². The number of allylic oxidation sites excluding steroid dienone is 5. The highest BCUT2D eigenvalue weighted by molar-refractivity contribution is 7.84. The summed E-state index contributed by atoms with van der Waals surface area (Å²) in [5, 5.41) is 4.64. The van der Waals surface area contributed by atoms with Gasteiger partial charge in [0.15, 0.2) is 0 Å². The number of fused-ring (bicyclic) bond motifs is 3. The van der Waals surface area contributed by atoms with Gasteiger partial charge in [-0.15, -0.1) is 35.3 Å². The maximum atomic E-state index is 4.61. The van der Waals surface area contributed by atoms with Crippen LogP contribution in [-0.2, 0) is 0 Å². The SMILES string of the molecule is C/C=C(/C=C(/C)S)C1=C(c2cc(C)sc2C)c2sc3ccccc3c2[Si]1(C)C. The van der Waals surface area contributed by atoms with E-state index in [9.17, 15) is 0 Å².